The number of hydrogen-bond donors (Lipinski definition) is 3. The highest BCUT2D eigenvalue weighted by atomic mass is 35.5. The molecule has 0 bridgehead atoms. The molecule has 23 heavy (non-hydrogen) atoms. The van der Waals surface area contributed by atoms with Crippen LogP contribution in [-0.2, 0) is 16.6 Å². The fourth-order valence-corrected chi connectivity index (χ4v) is 4.57. The highest BCUT2D eigenvalue weighted by Gasteiger charge is 2.35. The topological polar surface area (TPSA) is 87.5 Å². The van der Waals surface area contributed by atoms with Gasteiger partial charge in [-0.25, -0.2) is 13.6 Å². The molecule has 1 aromatic rings. The highest BCUT2D eigenvalue weighted by molar-refractivity contribution is 7.89. The average Bonchev–Trinajstić information content (AvgIpc) is 2.89. The average molecular weight is 357 g/mol. The summed E-state index contributed by atoms with van der Waals surface area (Å²) >= 11 is 6.16. The zero-order valence-electron chi connectivity index (χ0n) is 12.8. The minimum atomic E-state index is -3.81. The van der Waals surface area contributed by atoms with E-state index in [4.69, 9.17) is 16.7 Å². The molecule has 2 aliphatic heterocycles. The van der Waals surface area contributed by atoms with Crippen LogP contribution in [-0.4, -0.2) is 45.5 Å². The lowest BCUT2D eigenvalue weighted by Crippen LogP contribution is -2.55. The predicted molar refractivity (Wildman–Crippen MR) is 90.8 cm³/mol. The van der Waals surface area contributed by atoms with Gasteiger partial charge in [-0.3, -0.25) is 4.90 Å². The number of hydrogen-bond acceptors (Lipinski definition) is 5. The van der Waals surface area contributed by atoms with Crippen molar-refractivity contribution in [3.05, 3.63) is 40.9 Å². The first kappa shape index (κ1) is 16.9. The summed E-state index contributed by atoms with van der Waals surface area (Å²) in [5.41, 5.74) is 1.98. The highest BCUT2D eigenvalue weighted by Crippen LogP contribution is 2.35. The Morgan fingerprint density at radius 3 is 2.96 bits per heavy atom. The van der Waals surface area contributed by atoms with Crippen molar-refractivity contribution in [3.63, 3.8) is 0 Å². The van der Waals surface area contributed by atoms with Crippen LogP contribution in [0.5, 0.6) is 0 Å². The molecule has 1 fully saturated rings. The molecule has 126 valence electrons. The minimum Gasteiger partial charge on any atom is -0.314 e. The largest absolute Gasteiger partial charge is 0.314 e. The van der Waals surface area contributed by atoms with Crippen LogP contribution in [0.25, 0.3) is 0 Å². The molecule has 2 unspecified atom stereocenters. The Morgan fingerprint density at radius 2 is 2.26 bits per heavy atom. The first-order valence-corrected chi connectivity index (χ1v) is 9.48. The van der Waals surface area contributed by atoms with Gasteiger partial charge in [-0.15, -0.1) is 6.58 Å². The maximum absolute atomic E-state index is 11.6. The minimum absolute atomic E-state index is 0.00918. The standard InChI is InChI=1S/C15H21ClN4O2S/c1-2-4-20-5-3-18-9-13(20)15-11-7-12(16)14(23(17,21)22)6-10(11)8-19-15/h2,6-7,13,15,18-19H,1,3-5,8-9H2,(H2,17,21,22). The number of piperazine rings is 1. The number of fused-ring (bicyclic) bond motifs is 1. The van der Waals surface area contributed by atoms with Gasteiger partial charge in [0, 0.05) is 44.8 Å². The van der Waals surface area contributed by atoms with E-state index >= 15 is 0 Å². The van der Waals surface area contributed by atoms with Crippen LogP contribution in [0.3, 0.4) is 0 Å². The molecule has 1 saturated heterocycles. The summed E-state index contributed by atoms with van der Waals surface area (Å²) in [6.45, 7) is 8.03. The van der Waals surface area contributed by atoms with Crippen molar-refractivity contribution in [2.75, 3.05) is 26.2 Å². The molecule has 4 N–H and O–H groups in total. The molecule has 0 amide bonds. The Hall–Kier alpha value is -0.960. The smallest absolute Gasteiger partial charge is 0.239 e. The van der Waals surface area contributed by atoms with E-state index in [1.54, 1.807) is 12.1 Å². The van der Waals surface area contributed by atoms with E-state index in [0.717, 1.165) is 37.3 Å². The molecular weight excluding hydrogens is 336 g/mol. The van der Waals surface area contributed by atoms with Crippen molar-refractivity contribution in [3.8, 4) is 0 Å². The Morgan fingerprint density at radius 1 is 1.48 bits per heavy atom. The van der Waals surface area contributed by atoms with E-state index in [1.807, 2.05) is 6.08 Å². The lowest BCUT2D eigenvalue weighted by molar-refractivity contribution is 0.144. The molecule has 0 radical (unpaired) electrons. The van der Waals surface area contributed by atoms with E-state index in [1.165, 1.54) is 0 Å². The van der Waals surface area contributed by atoms with E-state index in [2.05, 4.69) is 22.1 Å². The number of nitrogens with two attached hydrogens (primary N) is 1. The summed E-state index contributed by atoms with van der Waals surface area (Å²) in [5, 5.41) is 12.3. The summed E-state index contributed by atoms with van der Waals surface area (Å²) in [6, 6.07) is 3.69. The number of primary sulfonamides is 1. The third kappa shape index (κ3) is 3.31. The number of nitrogens with one attached hydrogen (secondary N) is 2. The Kier molecular flexibility index (Phi) is 4.78. The second-order valence-electron chi connectivity index (χ2n) is 5.94. The third-order valence-electron chi connectivity index (χ3n) is 4.49. The van der Waals surface area contributed by atoms with E-state index in [-0.39, 0.29) is 22.0 Å². The van der Waals surface area contributed by atoms with Gasteiger partial charge < -0.3 is 10.6 Å². The van der Waals surface area contributed by atoms with Gasteiger partial charge in [0.15, 0.2) is 0 Å². The van der Waals surface area contributed by atoms with E-state index < -0.39 is 10.0 Å². The fourth-order valence-electron chi connectivity index (χ4n) is 3.43. The summed E-state index contributed by atoms with van der Waals surface area (Å²) < 4.78 is 23.2. The molecule has 0 aliphatic carbocycles. The zero-order chi connectivity index (χ0) is 16.6. The quantitative estimate of drug-likeness (QED) is 0.687. The van der Waals surface area contributed by atoms with Crippen molar-refractivity contribution in [2.24, 2.45) is 5.14 Å². The number of sulfonamides is 1. The molecule has 0 aromatic heterocycles. The third-order valence-corrected chi connectivity index (χ3v) is 5.87. The molecule has 0 saturated carbocycles. The van der Waals surface area contributed by atoms with Crippen LogP contribution in [0.2, 0.25) is 5.02 Å². The number of halogens is 1. The Balaban J connectivity index is 1.95. The maximum Gasteiger partial charge on any atom is 0.239 e. The zero-order valence-corrected chi connectivity index (χ0v) is 14.3. The second kappa shape index (κ2) is 6.51. The SMILES string of the molecule is C=CCN1CCNCC1C1NCc2cc(S(N)(=O)=O)c(Cl)cc21. The van der Waals surface area contributed by atoms with Crippen LogP contribution >= 0.6 is 11.6 Å². The lowest BCUT2D eigenvalue weighted by atomic mass is 9.96. The second-order valence-corrected chi connectivity index (χ2v) is 7.88. The number of benzene rings is 1. The van der Waals surface area contributed by atoms with Crippen molar-refractivity contribution >= 4 is 21.6 Å². The van der Waals surface area contributed by atoms with Gasteiger partial charge in [-0.1, -0.05) is 17.7 Å². The van der Waals surface area contributed by atoms with Gasteiger partial charge in [0.05, 0.1) is 5.02 Å². The molecular formula is C15H21ClN4O2S. The first-order chi connectivity index (χ1) is 10.9. The molecule has 8 heteroatoms. The van der Waals surface area contributed by atoms with Gasteiger partial charge in [-0.2, -0.15) is 0 Å². The molecule has 2 atom stereocenters. The summed E-state index contributed by atoms with van der Waals surface area (Å²) in [6.07, 6.45) is 1.91. The molecule has 6 nitrogen and oxygen atoms in total. The fraction of sp³-hybridized carbons (Fsp3) is 0.467. The molecule has 2 heterocycles. The van der Waals surface area contributed by atoms with Crippen LogP contribution in [0.4, 0.5) is 0 Å². The summed E-state index contributed by atoms with van der Waals surface area (Å²) in [7, 11) is -3.81. The first-order valence-electron chi connectivity index (χ1n) is 7.56. The van der Waals surface area contributed by atoms with Crippen LogP contribution in [0, 0.1) is 0 Å². The number of nitrogens with zero attached hydrogens (tertiary/aromatic N) is 1. The van der Waals surface area contributed by atoms with Crippen LogP contribution < -0.4 is 15.8 Å². The van der Waals surface area contributed by atoms with Gasteiger partial charge in [-0.05, 0) is 23.3 Å². The summed E-state index contributed by atoms with van der Waals surface area (Å²) in [4.78, 5) is 2.36. The van der Waals surface area contributed by atoms with Gasteiger partial charge >= 0.3 is 0 Å². The predicted octanol–water partition coefficient (Wildman–Crippen LogP) is 0.592. The van der Waals surface area contributed by atoms with E-state index in [9.17, 15) is 8.42 Å². The summed E-state index contributed by atoms with van der Waals surface area (Å²) in [5.74, 6) is 0. The molecule has 0 spiro atoms. The van der Waals surface area contributed by atoms with Crippen molar-refractivity contribution in [1.29, 1.82) is 0 Å². The van der Waals surface area contributed by atoms with Crippen LogP contribution in [0.1, 0.15) is 17.2 Å². The molecule has 2 aliphatic rings. The lowest BCUT2D eigenvalue weighted by Gasteiger charge is -2.39. The Labute approximate surface area is 141 Å². The number of rotatable bonds is 4. The van der Waals surface area contributed by atoms with Gasteiger partial charge in [0.2, 0.25) is 10.0 Å². The van der Waals surface area contributed by atoms with Gasteiger partial charge in [0.25, 0.3) is 0 Å². The van der Waals surface area contributed by atoms with Crippen molar-refractivity contribution in [1.82, 2.24) is 15.5 Å². The van der Waals surface area contributed by atoms with Crippen LogP contribution in [0.15, 0.2) is 29.7 Å². The van der Waals surface area contributed by atoms with E-state index in [0.29, 0.717) is 6.54 Å². The van der Waals surface area contributed by atoms with Crippen molar-refractivity contribution in [2.45, 2.75) is 23.5 Å². The Bertz CT molecular complexity index is 722. The molecule has 1 aromatic carbocycles. The van der Waals surface area contributed by atoms with Crippen molar-refractivity contribution < 1.29 is 8.42 Å². The molecule has 3 rings (SSSR count). The maximum atomic E-state index is 11.6. The normalized spacial score (nSPS) is 25.3. The monoisotopic (exact) mass is 356 g/mol. The van der Waals surface area contributed by atoms with Gasteiger partial charge in [0.1, 0.15) is 4.90 Å².